The monoisotopic (exact) mass is 650 g/mol. The zero-order valence-corrected chi connectivity index (χ0v) is 28.3. The quantitative estimate of drug-likeness (QED) is 0.165. The lowest BCUT2D eigenvalue weighted by molar-refractivity contribution is -0.143. The van der Waals surface area contributed by atoms with Crippen LogP contribution in [0.3, 0.4) is 0 Å². The van der Waals surface area contributed by atoms with E-state index in [1.165, 1.54) is 0 Å². The number of aromatic nitrogens is 1. The summed E-state index contributed by atoms with van der Waals surface area (Å²) in [5, 5.41) is 7.69. The van der Waals surface area contributed by atoms with Crippen LogP contribution < -0.4 is 22.1 Å². The molecule has 3 aromatic carbocycles. The zero-order valence-electron chi connectivity index (χ0n) is 28.3. The fourth-order valence-electron chi connectivity index (χ4n) is 6.83. The summed E-state index contributed by atoms with van der Waals surface area (Å²) in [6, 6.07) is 21.3. The van der Waals surface area contributed by atoms with Crippen LogP contribution in [-0.4, -0.2) is 59.7 Å². The van der Waals surface area contributed by atoms with E-state index < -0.39 is 18.0 Å². The molecule has 9 nitrogen and oxygen atoms in total. The number of nitrogens with one attached hydrogen (secondary N) is 3. The van der Waals surface area contributed by atoms with E-state index in [9.17, 15) is 14.4 Å². The molecular formula is C39H50N6O3. The summed E-state index contributed by atoms with van der Waals surface area (Å²) in [7, 11) is 1.70. The molecule has 48 heavy (non-hydrogen) atoms. The number of aromatic amines is 1. The van der Waals surface area contributed by atoms with Gasteiger partial charge in [-0.15, -0.1) is 0 Å². The highest BCUT2D eigenvalue weighted by atomic mass is 16.2. The number of unbranched alkanes of at least 4 members (excludes halogenated alkanes) is 1. The maximum absolute atomic E-state index is 14.4. The predicted octanol–water partition coefficient (Wildman–Crippen LogP) is 4.74. The number of H-pyrrole nitrogens is 1. The number of para-hydroxylation sites is 1. The number of amides is 2. The molecule has 2 bridgehead atoms. The van der Waals surface area contributed by atoms with Gasteiger partial charge in [-0.1, -0.05) is 66.6 Å². The number of carbonyl (C=O) groups excluding carboxylic acids is 3. The van der Waals surface area contributed by atoms with E-state index >= 15 is 0 Å². The lowest BCUT2D eigenvalue weighted by atomic mass is 9.90. The van der Waals surface area contributed by atoms with Crippen LogP contribution in [0.5, 0.6) is 0 Å². The van der Waals surface area contributed by atoms with Crippen molar-refractivity contribution in [1.82, 2.24) is 20.5 Å². The Bertz CT molecular complexity index is 1710. The molecule has 2 heterocycles. The van der Waals surface area contributed by atoms with Gasteiger partial charge in [0.15, 0.2) is 5.78 Å². The highest BCUT2D eigenvalue weighted by Gasteiger charge is 2.34. The number of carbonyl (C=O) groups is 3. The fourth-order valence-corrected chi connectivity index (χ4v) is 6.83. The zero-order chi connectivity index (χ0) is 34.0. The summed E-state index contributed by atoms with van der Waals surface area (Å²) < 4.78 is 0. The van der Waals surface area contributed by atoms with Crippen LogP contribution >= 0.6 is 0 Å². The molecule has 0 saturated heterocycles. The van der Waals surface area contributed by atoms with Gasteiger partial charge in [0.05, 0.1) is 6.04 Å². The summed E-state index contributed by atoms with van der Waals surface area (Å²) in [5.74, 6) is -1.03. The first-order valence-electron chi connectivity index (χ1n) is 17.2. The molecule has 0 unspecified atom stereocenters. The Kier molecular flexibility index (Phi) is 12.2. The second-order valence-corrected chi connectivity index (χ2v) is 13.1. The Morgan fingerprint density at radius 1 is 0.875 bits per heavy atom. The van der Waals surface area contributed by atoms with Gasteiger partial charge in [0.1, 0.15) is 6.04 Å². The number of fused-ring (bicyclic) bond motifs is 5. The molecule has 9 heteroatoms. The Morgan fingerprint density at radius 2 is 1.69 bits per heavy atom. The Morgan fingerprint density at radius 3 is 2.50 bits per heavy atom. The number of hydrogen-bond donors (Lipinski definition) is 5. The minimum Gasteiger partial charge on any atom is -0.361 e. The lowest BCUT2D eigenvalue weighted by Crippen LogP contribution is -2.51. The standard InChI is InChI=1S/C39H50N6O3/c1-26-15-16-32-28-11-7-9-27(20-28)23-42-35(14-8-18-41)37(46)22-29(10-5-6-17-40)39(48)45(2)36(38(47)44-25-30(32)19-26)21-31-24-43-34-13-4-3-12-33(31)34/h3-4,7,9,11-13,15-16,19-20,24,29,35-36,42-43H,5-6,8,10,14,17-18,21-23,25,40-41H2,1-2H3,(H,44,47)/t29-,35+,36+/m1/s1. The fraction of sp³-hybridized carbons (Fsp3) is 0.410. The van der Waals surface area contributed by atoms with Crippen LogP contribution in [0.25, 0.3) is 22.0 Å². The predicted molar refractivity (Wildman–Crippen MR) is 192 cm³/mol. The third-order valence-corrected chi connectivity index (χ3v) is 9.60. The van der Waals surface area contributed by atoms with Crippen molar-refractivity contribution in [2.75, 3.05) is 20.1 Å². The van der Waals surface area contributed by atoms with Gasteiger partial charge in [0.25, 0.3) is 0 Å². The van der Waals surface area contributed by atoms with Crippen molar-refractivity contribution in [2.24, 2.45) is 17.4 Å². The summed E-state index contributed by atoms with van der Waals surface area (Å²) in [4.78, 5) is 47.4. The van der Waals surface area contributed by atoms with Gasteiger partial charge in [0, 0.05) is 56.0 Å². The normalized spacial score (nSPS) is 19.6. The molecular weight excluding hydrogens is 600 g/mol. The number of benzene rings is 3. The van der Waals surface area contributed by atoms with E-state index in [4.69, 9.17) is 11.5 Å². The van der Waals surface area contributed by atoms with Crippen LogP contribution in [-0.2, 0) is 33.9 Å². The van der Waals surface area contributed by atoms with Crippen LogP contribution in [0.1, 0.15) is 60.8 Å². The molecule has 0 fully saturated rings. The molecule has 0 spiro atoms. The topological polar surface area (TPSA) is 146 Å². The number of likely N-dealkylation sites (N-methyl/N-ethyl adjacent to an activating group) is 1. The summed E-state index contributed by atoms with van der Waals surface area (Å²) in [6.45, 7) is 3.84. The number of rotatable bonds is 9. The van der Waals surface area contributed by atoms with E-state index in [2.05, 4.69) is 45.9 Å². The molecule has 0 radical (unpaired) electrons. The molecule has 4 aromatic rings. The summed E-state index contributed by atoms with van der Waals surface area (Å²) >= 11 is 0. The molecule has 1 aliphatic rings. The van der Waals surface area contributed by atoms with Gasteiger partial charge >= 0.3 is 0 Å². The van der Waals surface area contributed by atoms with Crippen molar-refractivity contribution >= 4 is 28.5 Å². The third kappa shape index (κ3) is 8.58. The number of ketones is 1. The number of nitrogens with zero attached hydrogens (tertiary/aromatic N) is 1. The lowest BCUT2D eigenvalue weighted by Gasteiger charge is -2.31. The molecule has 1 aromatic heterocycles. The molecule has 7 N–H and O–H groups in total. The van der Waals surface area contributed by atoms with Crippen molar-refractivity contribution in [2.45, 2.75) is 77.0 Å². The Labute approximate surface area is 283 Å². The van der Waals surface area contributed by atoms with Crippen LogP contribution in [0, 0.1) is 12.8 Å². The van der Waals surface area contributed by atoms with Crippen molar-refractivity contribution in [1.29, 1.82) is 0 Å². The van der Waals surface area contributed by atoms with E-state index in [-0.39, 0.29) is 24.0 Å². The summed E-state index contributed by atoms with van der Waals surface area (Å²) in [5.41, 5.74) is 18.8. The van der Waals surface area contributed by atoms with Crippen LogP contribution in [0.4, 0.5) is 0 Å². The number of Topliss-reactive ketones (excluding diaryl/α,β-unsaturated/α-hetero) is 1. The Hall–Kier alpha value is -4.31. The van der Waals surface area contributed by atoms with Gasteiger partial charge in [-0.25, -0.2) is 0 Å². The largest absolute Gasteiger partial charge is 0.361 e. The van der Waals surface area contributed by atoms with Crippen molar-refractivity contribution in [3.63, 3.8) is 0 Å². The maximum Gasteiger partial charge on any atom is 0.243 e. The van der Waals surface area contributed by atoms with Crippen LogP contribution in [0.2, 0.25) is 0 Å². The molecule has 3 atom stereocenters. The van der Waals surface area contributed by atoms with Gasteiger partial charge < -0.3 is 32.0 Å². The minimum atomic E-state index is -0.790. The summed E-state index contributed by atoms with van der Waals surface area (Å²) in [6.07, 6.45) is 5.60. The van der Waals surface area contributed by atoms with E-state index in [1.807, 2.05) is 49.5 Å². The van der Waals surface area contributed by atoms with Gasteiger partial charge in [-0.3, -0.25) is 14.4 Å². The average molecular weight is 651 g/mol. The minimum absolute atomic E-state index is 0.0122. The number of aryl methyl sites for hydroxylation is 1. The third-order valence-electron chi connectivity index (χ3n) is 9.60. The first-order valence-corrected chi connectivity index (χ1v) is 17.2. The maximum atomic E-state index is 14.4. The molecule has 5 rings (SSSR count). The van der Waals surface area contributed by atoms with Gasteiger partial charge in [-0.05, 0) is 85.6 Å². The molecule has 0 aliphatic carbocycles. The van der Waals surface area contributed by atoms with E-state index in [1.54, 1.807) is 11.9 Å². The smallest absolute Gasteiger partial charge is 0.243 e. The highest BCUT2D eigenvalue weighted by molar-refractivity contribution is 5.93. The average Bonchev–Trinajstić information content (AvgIpc) is 3.51. The Balaban J connectivity index is 1.56. The number of hydrogen-bond acceptors (Lipinski definition) is 6. The van der Waals surface area contributed by atoms with Gasteiger partial charge in [-0.2, -0.15) is 0 Å². The van der Waals surface area contributed by atoms with Crippen molar-refractivity contribution in [3.8, 4) is 11.1 Å². The SMILES string of the molecule is Cc1ccc2c(c1)CNC(=O)[C@H](Cc1c[nH]c3ccccc13)N(C)C(=O)[C@H](CCCCN)CC(=O)[C@H](CCCN)NCc1cccc-2c1. The van der Waals surface area contributed by atoms with E-state index in [0.29, 0.717) is 51.9 Å². The van der Waals surface area contributed by atoms with Gasteiger partial charge in [0.2, 0.25) is 11.8 Å². The van der Waals surface area contributed by atoms with E-state index in [0.717, 1.165) is 57.1 Å². The van der Waals surface area contributed by atoms with Crippen molar-refractivity contribution < 1.29 is 14.4 Å². The highest BCUT2D eigenvalue weighted by Crippen LogP contribution is 2.28. The molecule has 0 saturated carbocycles. The second-order valence-electron chi connectivity index (χ2n) is 13.1. The van der Waals surface area contributed by atoms with Crippen molar-refractivity contribution in [3.05, 3.63) is 95.2 Å². The number of nitrogens with two attached hydrogens (primary N) is 2. The molecule has 1 aliphatic heterocycles. The first-order chi connectivity index (χ1) is 23.3. The first kappa shape index (κ1) is 35.0. The molecule has 2 amide bonds. The second kappa shape index (κ2) is 16.7. The van der Waals surface area contributed by atoms with Crippen LogP contribution in [0.15, 0.2) is 72.9 Å². The molecule has 254 valence electrons.